The molecule has 94 valence electrons. The maximum atomic E-state index is 11.9. The van der Waals surface area contributed by atoms with Gasteiger partial charge in [0.25, 0.3) is 11.8 Å². The van der Waals surface area contributed by atoms with Crippen molar-refractivity contribution in [3.8, 4) is 0 Å². The van der Waals surface area contributed by atoms with E-state index in [0.29, 0.717) is 11.1 Å². The quantitative estimate of drug-likeness (QED) is 0.812. The van der Waals surface area contributed by atoms with Gasteiger partial charge in [-0.2, -0.15) is 5.01 Å². The highest BCUT2D eigenvalue weighted by Gasteiger charge is 2.33. The van der Waals surface area contributed by atoms with E-state index < -0.39 is 0 Å². The van der Waals surface area contributed by atoms with Crippen molar-refractivity contribution in [1.29, 1.82) is 0 Å². The van der Waals surface area contributed by atoms with Gasteiger partial charge in [-0.15, -0.1) is 0 Å². The smallest absolute Gasteiger partial charge is 0.275 e. The summed E-state index contributed by atoms with van der Waals surface area (Å²) in [6.45, 7) is 7.33. The van der Waals surface area contributed by atoms with Crippen LogP contribution >= 0.6 is 0 Å². The van der Waals surface area contributed by atoms with Crippen LogP contribution in [-0.2, 0) is 9.59 Å². The SMILES string of the molecule is CC1=C(C)C(=O)N(Nc2ccc(C)c(C)c2)C1=O. The second-order valence-corrected chi connectivity index (χ2v) is 4.61. The van der Waals surface area contributed by atoms with E-state index in [0.717, 1.165) is 16.3 Å². The van der Waals surface area contributed by atoms with Crippen LogP contribution in [0.3, 0.4) is 0 Å². The number of anilines is 1. The fraction of sp³-hybridized carbons (Fsp3) is 0.286. The van der Waals surface area contributed by atoms with Gasteiger partial charge in [0.05, 0.1) is 5.69 Å². The molecule has 4 heteroatoms. The third-order valence-electron chi connectivity index (χ3n) is 3.36. The minimum atomic E-state index is -0.282. The van der Waals surface area contributed by atoms with Gasteiger partial charge in [-0.1, -0.05) is 6.07 Å². The molecule has 2 rings (SSSR count). The summed E-state index contributed by atoms with van der Waals surface area (Å²) in [5.74, 6) is -0.563. The molecule has 0 spiro atoms. The number of carbonyl (C=O) groups is 2. The summed E-state index contributed by atoms with van der Waals surface area (Å²) in [4.78, 5) is 23.7. The van der Waals surface area contributed by atoms with Gasteiger partial charge in [0, 0.05) is 11.1 Å². The molecule has 0 aliphatic carbocycles. The number of hydrazine groups is 1. The molecule has 0 atom stereocenters. The number of benzene rings is 1. The number of hydrogen-bond acceptors (Lipinski definition) is 3. The molecule has 0 fully saturated rings. The van der Waals surface area contributed by atoms with E-state index in [1.807, 2.05) is 32.0 Å². The highest BCUT2D eigenvalue weighted by atomic mass is 16.2. The van der Waals surface area contributed by atoms with Crippen LogP contribution in [0.15, 0.2) is 29.3 Å². The average Bonchev–Trinajstić information content (AvgIpc) is 2.52. The Hall–Kier alpha value is -2.10. The van der Waals surface area contributed by atoms with Gasteiger partial charge in [0.15, 0.2) is 0 Å². The van der Waals surface area contributed by atoms with E-state index in [1.165, 1.54) is 5.56 Å². The monoisotopic (exact) mass is 244 g/mol. The van der Waals surface area contributed by atoms with Crippen molar-refractivity contribution in [2.75, 3.05) is 5.43 Å². The average molecular weight is 244 g/mol. The fourth-order valence-corrected chi connectivity index (χ4v) is 1.79. The normalized spacial score (nSPS) is 15.7. The molecule has 1 aromatic rings. The van der Waals surface area contributed by atoms with E-state index in [1.54, 1.807) is 13.8 Å². The van der Waals surface area contributed by atoms with Gasteiger partial charge in [0.1, 0.15) is 0 Å². The Kier molecular flexibility index (Phi) is 2.95. The first-order chi connectivity index (χ1) is 8.41. The van der Waals surface area contributed by atoms with Gasteiger partial charge in [-0.25, -0.2) is 0 Å². The lowest BCUT2D eigenvalue weighted by molar-refractivity contribution is -0.135. The van der Waals surface area contributed by atoms with Gasteiger partial charge >= 0.3 is 0 Å². The van der Waals surface area contributed by atoms with Crippen LogP contribution in [0.4, 0.5) is 5.69 Å². The summed E-state index contributed by atoms with van der Waals surface area (Å²) in [5, 5.41) is 1.06. The van der Waals surface area contributed by atoms with E-state index >= 15 is 0 Å². The Bertz CT molecular complexity index is 549. The van der Waals surface area contributed by atoms with Gasteiger partial charge in [0.2, 0.25) is 0 Å². The third-order valence-corrected chi connectivity index (χ3v) is 3.36. The van der Waals surface area contributed by atoms with Crippen molar-refractivity contribution in [2.45, 2.75) is 27.7 Å². The highest BCUT2D eigenvalue weighted by molar-refractivity contribution is 6.19. The summed E-state index contributed by atoms with van der Waals surface area (Å²) in [7, 11) is 0. The zero-order valence-electron chi connectivity index (χ0n) is 11.0. The van der Waals surface area contributed by atoms with Crippen LogP contribution in [0.1, 0.15) is 25.0 Å². The first kappa shape index (κ1) is 12.4. The summed E-state index contributed by atoms with van der Waals surface area (Å²) in [5.41, 5.74) is 6.88. The van der Waals surface area contributed by atoms with Crippen molar-refractivity contribution >= 4 is 17.5 Å². The molecular formula is C14H16N2O2. The molecule has 1 aliphatic rings. The number of rotatable bonds is 2. The summed E-state index contributed by atoms with van der Waals surface area (Å²) in [6.07, 6.45) is 0. The van der Waals surface area contributed by atoms with Crippen molar-refractivity contribution < 1.29 is 9.59 Å². The van der Waals surface area contributed by atoms with Crippen LogP contribution in [0, 0.1) is 13.8 Å². The fourth-order valence-electron chi connectivity index (χ4n) is 1.79. The molecule has 0 bridgehead atoms. The Morgan fingerprint density at radius 2 is 1.44 bits per heavy atom. The van der Waals surface area contributed by atoms with Gasteiger partial charge < -0.3 is 0 Å². The molecule has 1 heterocycles. The highest BCUT2D eigenvalue weighted by Crippen LogP contribution is 2.22. The van der Waals surface area contributed by atoms with Crippen LogP contribution in [0.25, 0.3) is 0 Å². The van der Waals surface area contributed by atoms with Crippen molar-refractivity contribution in [2.24, 2.45) is 0 Å². The molecule has 0 saturated heterocycles. The first-order valence-electron chi connectivity index (χ1n) is 5.82. The maximum Gasteiger partial charge on any atom is 0.275 e. The number of amides is 2. The lowest BCUT2D eigenvalue weighted by Crippen LogP contribution is -2.36. The topological polar surface area (TPSA) is 49.4 Å². The van der Waals surface area contributed by atoms with Crippen LogP contribution in [0.2, 0.25) is 0 Å². The van der Waals surface area contributed by atoms with Gasteiger partial charge in [-0.3, -0.25) is 15.0 Å². The predicted octanol–water partition coefficient (Wildman–Crippen LogP) is 2.34. The van der Waals surface area contributed by atoms with Crippen molar-refractivity contribution in [1.82, 2.24) is 5.01 Å². The zero-order valence-corrected chi connectivity index (χ0v) is 11.0. The molecule has 4 nitrogen and oxygen atoms in total. The third kappa shape index (κ3) is 1.90. The van der Waals surface area contributed by atoms with E-state index in [-0.39, 0.29) is 11.8 Å². The molecule has 0 radical (unpaired) electrons. The number of aryl methyl sites for hydroxylation is 2. The number of carbonyl (C=O) groups excluding carboxylic acids is 2. The standard InChI is InChI=1S/C14H16N2O2/c1-8-5-6-12(7-9(8)2)15-16-13(17)10(3)11(4)14(16)18/h5-7,15H,1-4H3. The Morgan fingerprint density at radius 3 is 1.94 bits per heavy atom. The summed E-state index contributed by atoms with van der Waals surface area (Å²) < 4.78 is 0. The van der Waals surface area contributed by atoms with Crippen LogP contribution in [0.5, 0.6) is 0 Å². The Morgan fingerprint density at radius 1 is 0.889 bits per heavy atom. The Balaban J connectivity index is 2.24. The first-order valence-corrected chi connectivity index (χ1v) is 5.82. The molecule has 1 aromatic carbocycles. The number of nitrogens with zero attached hydrogens (tertiary/aromatic N) is 1. The van der Waals surface area contributed by atoms with Crippen LogP contribution < -0.4 is 5.43 Å². The molecule has 1 aliphatic heterocycles. The van der Waals surface area contributed by atoms with Gasteiger partial charge in [-0.05, 0) is 51.0 Å². The van der Waals surface area contributed by atoms with E-state index in [4.69, 9.17) is 0 Å². The molecule has 0 unspecified atom stereocenters. The number of nitrogens with one attached hydrogen (secondary N) is 1. The molecule has 0 saturated carbocycles. The largest absolute Gasteiger partial charge is 0.288 e. The van der Waals surface area contributed by atoms with Crippen molar-refractivity contribution in [3.63, 3.8) is 0 Å². The molecule has 1 N–H and O–H groups in total. The second kappa shape index (κ2) is 4.29. The second-order valence-electron chi connectivity index (χ2n) is 4.61. The maximum absolute atomic E-state index is 11.9. The number of imide groups is 1. The predicted molar refractivity (Wildman–Crippen MR) is 69.8 cm³/mol. The molecular weight excluding hydrogens is 228 g/mol. The Labute approximate surface area is 106 Å². The number of hydrogen-bond donors (Lipinski definition) is 1. The molecule has 18 heavy (non-hydrogen) atoms. The van der Waals surface area contributed by atoms with E-state index in [2.05, 4.69) is 5.43 Å². The lowest BCUT2D eigenvalue weighted by atomic mass is 10.1. The lowest BCUT2D eigenvalue weighted by Gasteiger charge is -2.18. The molecule has 2 amide bonds. The zero-order chi connectivity index (χ0) is 13.4. The van der Waals surface area contributed by atoms with E-state index in [9.17, 15) is 9.59 Å². The summed E-state index contributed by atoms with van der Waals surface area (Å²) in [6, 6.07) is 5.72. The molecule has 0 aromatic heterocycles. The van der Waals surface area contributed by atoms with Crippen LogP contribution in [-0.4, -0.2) is 16.8 Å². The minimum absolute atomic E-state index is 0.282. The van der Waals surface area contributed by atoms with Crippen molar-refractivity contribution in [3.05, 3.63) is 40.5 Å². The minimum Gasteiger partial charge on any atom is -0.288 e. The summed E-state index contributed by atoms with van der Waals surface area (Å²) >= 11 is 0.